The van der Waals surface area contributed by atoms with Crippen LogP contribution in [-0.4, -0.2) is 25.1 Å². The Morgan fingerprint density at radius 3 is 2.85 bits per heavy atom. The Labute approximate surface area is 138 Å². The molecule has 0 aliphatic rings. The van der Waals surface area contributed by atoms with Crippen LogP contribution >= 0.6 is 39.9 Å². The van der Waals surface area contributed by atoms with Crippen LogP contribution in [0.25, 0.3) is 0 Å². The number of carbonyl (C=O) groups is 1. The van der Waals surface area contributed by atoms with Gasteiger partial charge in [-0.15, -0.1) is 12.4 Å². The number of ether oxygens (including phenoxy) is 1. The van der Waals surface area contributed by atoms with Gasteiger partial charge in [0.25, 0.3) is 0 Å². The zero-order valence-electron chi connectivity index (χ0n) is 11.2. The zero-order chi connectivity index (χ0) is 14.3. The summed E-state index contributed by atoms with van der Waals surface area (Å²) in [7, 11) is 0. The van der Waals surface area contributed by atoms with Gasteiger partial charge in [0.05, 0.1) is 17.5 Å². The largest absolute Gasteiger partial charge is 0.492 e. The maximum Gasteiger partial charge on any atom is 0.223 e. The predicted octanol–water partition coefficient (Wildman–Crippen LogP) is 3.15. The molecule has 0 fully saturated rings. The van der Waals surface area contributed by atoms with Crippen LogP contribution in [0.5, 0.6) is 5.75 Å². The predicted molar refractivity (Wildman–Crippen MR) is 87.8 cm³/mol. The van der Waals surface area contributed by atoms with E-state index in [1.54, 1.807) is 18.2 Å². The second kappa shape index (κ2) is 10.3. The van der Waals surface area contributed by atoms with Crippen molar-refractivity contribution in [1.82, 2.24) is 5.32 Å². The number of carbonyl (C=O) groups excluding carboxylic acids is 1. The summed E-state index contributed by atoms with van der Waals surface area (Å²) in [6.07, 6.45) is 1.09. The Hall–Kier alpha value is -0.490. The minimum Gasteiger partial charge on any atom is -0.492 e. The van der Waals surface area contributed by atoms with Crippen LogP contribution in [0, 0.1) is 0 Å². The number of nitrogens with two attached hydrogens (primary N) is 1. The molecule has 1 unspecified atom stereocenters. The molecule has 1 aromatic carbocycles. The van der Waals surface area contributed by atoms with Gasteiger partial charge in [-0.2, -0.15) is 0 Å². The van der Waals surface area contributed by atoms with Crippen molar-refractivity contribution >= 4 is 45.8 Å². The molecular weight excluding hydrogens is 367 g/mol. The monoisotopic (exact) mass is 384 g/mol. The fraction of sp³-hybridized carbons (Fsp3) is 0.462. The van der Waals surface area contributed by atoms with Gasteiger partial charge in [0.15, 0.2) is 0 Å². The van der Waals surface area contributed by atoms with Crippen LogP contribution < -0.4 is 15.8 Å². The van der Waals surface area contributed by atoms with E-state index in [1.807, 2.05) is 6.92 Å². The smallest absolute Gasteiger partial charge is 0.223 e. The Kier molecular flexibility index (Phi) is 10.0. The lowest BCUT2D eigenvalue weighted by atomic mass is 10.2. The van der Waals surface area contributed by atoms with Crippen molar-refractivity contribution in [2.45, 2.75) is 25.8 Å². The topological polar surface area (TPSA) is 64.3 Å². The molecule has 0 aliphatic heterocycles. The third kappa shape index (κ3) is 7.94. The Bertz CT molecular complexity index is 431. The number of rotatable bonds is 7. The molecule has 114 valence electrons. The highest BCUT2D eigenvalue weighted by molar-refractivity contribution is 9.10. The molecule has 1 atom stereocenters. The molecule has 0 heterocycles. The van der Waals surface area contributed by atoms with E-state index in [9.17, 15) is 4.79 Å². The van der Waals surface area contributed by atoms with Crippen LogP contribution in [0.1, 0.15) is 19.8 Å². The molecule has 0 aromatic heterocycles. The number of hydrogen-bond donors (Lipinski definition) is 2. The van der Waals surface area contributed by atoms with Gasteiger partial charge in [-0.05, 0) is 47.5 Å². The molecule has 1 aromatic rings. The highest BCUT2D eigenvalue weighted by Crippen LogP contribution is 2.27. The first-order valence-electron chi connectivity index (χ1n) is 6.09. The minimum absolute atomic E-state index is 0. The van der Waals surface area contributed by atoms with Gasteiger partial charge >= 0.3 is 0 Å². The number of halogens is 3. The third-order valence-corrected chi connectivity index (χ3v) is 3.26. The molecule has 0 bridgehead atoms. The van der Waals surface area contributed by atoms with E-state index in [-0.39, 0.29) is 24.4 Å². The van der Waals surface area contributed by atoms with Crippen molar-refractivity contribution in [3.63, 3.8) is 0 Å². The number of nitrogens with one attached hydrogen (secondary N) is 1. The molecule has 0 spiro atoms. The average molecular weight is 386 g/mol. The number of benzene rings is 1. The van der Waals surface area contributed by atoms with Crippen LogP contribution in [0.15, 0.2) is 22.7 Å². The van der Waals surface area contributed by atoms with E-state index in [2.05, 4.69) is 21.2 Å². The molecule has 0 saturated carbocycles. The first kappa shape index (κ1) is 19.5. The average Bonchev–Trinajstić information content (AvgIpc) is 2.31. The summed E-state index contributed by atoms with van der Waals surface area (Å²) >= 11 is 9.17. The summed E-state index contributed by atoms with van der Waals surface area (Å²) in [6.45, 7) is 2.83. The quantitative estimate of drug-likeness (QED) is 0.757. The fourth-order valence-corrected chi connectivity index (χ4v) is 2.17. The summed E-state index contributed by atoms with van der Waals surface area (Å²) in [5, 5.41) is 3.42. The first-order chi connectivity index (χ1) is 8.99. The van der Waals surface area contributed by atoms with Gasteiger partial charge in [0.1, 0.15) is 5.75 Å². The highest BCUT2D eigenvalue weighted by atomic mass is 79.9. The lowest BCUT2D eigenvalue weighted by Crippen LogP contribution is -2.29. The summed E-state index contributed by atoms with van der Waals surface area (Å²) in [5.41, 5.74) is 5.59. The van der Waals surface area contributed by atoms with E-state index in [0.29, 0.717) is 30.3 Å². The molecule has 0 saturated heterocycles. The molecule has 4 nitrogen and oxygen atoms in total. The van der Waals surface area contributed by atoms with Gasteiger partial charge in [0, 0.05) is 17.6 Å². The van der Waals surface area contributed by atoms with E-state index >= 15 is 0 Å². The first-order valence-corrected chi connectivity index (χ1v) is 7.26. The van der Waals surface area contributed by atoms with E-state index in [1.165, 1.54) is 0 Å². The molecule has 3 N–H and O–H groups in total. The molecule has 20 heavy (non-hydrogen) atoms. The minimum atomic E-state index is -0.0364. The van der Waals surface area contributed by atoms with Crippen LogP contribution in [0.3, 0.4) is 0 Å². The van der Waals surface area contributed by atoms with Gasteiger partial charge in [-0.25, -0.2) is 0 Å². The second-order valence-electron chi connectivity index (χ2n) is 4.29. The molecule has 0 radical (unpaired) electrons. The standard InChI is InChI=1S/C13H18BrClN2O2.ClH/c1-9(16)4-6-17-13(18)5-7-19-12-3-2-10(15)8-11(12)14;/h2-3,8-9H,4-7,16H2,1H3,(H,17,18);1H. The maximum atomic E-state index is 11.5. The lowest BCUT2D eigenvalue weighted by molar-refractivity contribution is -0.121. The Morgan fingerprint density at radius 1 is 1.55 bits per heavy atom. The van der Waals surface area contributed by atoms with E-state index in [0.717, 1.165) is 10.9 Å². The normalized spacial score (nSPS) is 11.4. The van der Waals surface area contributed by atoms with Crippen LogP contribution in [0.4, 0.5) is 0 Å². The highest BCUT2D eigenvalue weighted by Gasteiger charge is 2.05. The van der Waals surface area contributed by atoms with Gasteiger partial charge < -0.3 is 15.8 Å². The molecule has 1 rings (SSSR count). The molecule has 0 aliphatic carbocycles. The van der Waals surface area contributed by atoms with Gasteiger partial charge in [-0.1, -0.05) is 11.6 Å². The third-order valence-electron chi connectivity index (χ3n) is 2.40. The summed E-state index contributed by atoms with van der Waals surface area (Å²) in [6, 6.07) is 5.35. The number of amides is 1. The summed E-state index contributed by atoms with van der Waals surface area (Å²) < 4.78 is 6.27. The van der Waals surface area contributed by atoms with Gasteiger partial charge in [-0.3, -0.25) is 4.79 Å². The van der Waals surface area contributed by atoms with Crippen LogP contribution in [0.2, 0.25) is 5.02 Å². The van der Waals surface area contributed by atoms with Crippen molar-refractivity contribution in [3.05, 3.63) is 27.7 Å². The van der Waals surface area contributed by atoms with Crippen molar-refractivity contribution in [2.75, 3.05) is 13.2 Å². The van der Waals surface area contributed by atoms with E-state index < -0.39 is 0 Å². The van der Waals surface area contributed by atoms with Crippen molar-refractivity contribution in [3.8, 4) is 5.75 Å². The fourth-order valence-electron chi connectivity index (χ4n) is 1.37. The zero-order valence-corrected chi connectivity index (χ0v) is 14.4. The Balaban J connectivity index is 0.00000361. The molecule has 1 amide bonds. The molecular formula is C13H19BrCl2N2O2. The SMILES string of the molecule is CC(N)CCNC(=O)CCOc1ccc(Cl)cc1Br.Cl. The van der Waals surface area contributed by atoms with Crippen molar-refractivity contribution in [1.29, 1.82) is 0 Å². The molecule has 7 heteroatoms. The van der Waals surface area contributed by atoms with Gasteiger partial charge in [0.2, 0.25) is 5.91 Å². The van der Waals surface area contributed by atoms with E-state index in [4.69, 9.17) is 22.1 Å². The van der Waals surface area contributed by atoms with Crippen LogP contribution in [-0.2, 0) is 4.79 Å². The van der Waals surface area contributed by atoms with Crippen molar-refractivity contribution < 1.29 is 9.53 Å². The maximum absolute atomic E-state index is 11.5. The summed E-state index contributed by atoms with van der Waals surface area (Å²) in [5.74, 6) is 0.638. The van der Waals surface area contributed by atoms with Crippen molar-refractivity contribution in [2.24, 2.45) is 5.73 Å². The second-order valence-corrected chi connectivity index (χ2v) is 5.58. The lowest BCUT2D eigenvalue weighted by Gasteiger charge is -2.09. The Morgan fingerprint density at radius 2 is 2.25 bits per heavy atom. The summed E-state index contributed by atoms with van der Waals surface area (Å²) in [4.78, 5) is 11.5. The number of hydrogen-bond acceptors (Lipinski definition) is 3.